The molecular formula is C22H34F2O3. The van der Waals surface area contributed by atoms with Gasteiger partial charge in [-0.15, -0.1) is 0 Å². The summed E-state index contributed by atoms with van der Waals surface area (Å²) >= 11 is 0. The summed E-state index contributed by atoms with van der Waals surface area (Å²) in [7, 11) is 1.38. The molecule has 1 aliphatic heterocycles. The van der Waals surface area contributed by atoms with Crippen molar-refractivity contribution >= 4 is 0 Å². The van der Waals surface area contributed by atoms with Gasteiger partial charge in [0.15, 0.2) is 11.7 Å². The molecule has 0 aromatic heterocycles. The highest BCUT2D eigenvalue weighted by Gasteiger charge is 2.26. The Balaban J connectivity index is 1.72. The van der Waals surface area contributed by atoms with Crippen molar-refractivity contribution in [2.24, 2.45) is 11.8 Å². The topological polar surface area (TPSA) is 27.7 Å². The lowest BCUT2D eigenvalue weighted by Gasteiger charge is -2.28. The zero-order valence-electron chi connectivity index (χ0n) is 17.1. The van der Waals surface area contributed by atoms with Gasteiger partial charge in [-0.25, -0.2) is 8.78 Å². The van der Waals surface area contributed by atoms with Crippen molar-refractivity contribution in [1.82, 2.24) is 0 Å². The molecule has 1 heterocycles. The Bertz CT molecular complexity index is 560. The van der Waals surface area contributed by atoms with Gasteiger partial charge >= 0.3 is 0 Å². The summed E-state index contributed by atoms with van der Waals surface area (Å²) in [5, 5.41) is 0. The average Bonchev–Trinajstić information content (AvgIpc) is 2.68. The van der Waals surface area contributed by atoms with E-state index in [1.54, 1.807) is 0 Å². The van der Waals surface area contributed by atoms with Crippen LogP contribution in [0.5, 0.6) is 0 Å². The summed E-state index contributed by atoms with van der Waals surface area (Å²) in [6.45, 7) is 7.39. The van der Waals surface area contributed by atoms with E-state index < -0.39 is 11.7 Å². The van der Waals surface area contributed by atoms with Crippen LogP contribution in [-0.2, 0) is 14.2 Å². The standard InChI is InChI=1S/C22H34F2O3/c1-5-6-17-9-10-18(27-13-17)14-26-16(3)8-7-15(2)19-11-12-20(25-4)22(24)21(19)23/h5-6,15-18H,7-14H2,1-4H3/b6-5+. The first-order chi connectivity index (χ1) is 13.0. The molecule has 0 aromatic carbocycles. The van der Waals surface area contributed by atoms with Gasteiger partial charge in [-0.2, -0.15) is 0 Å². The molecule has 1 saturated heterocycles. The lowest BCUT2D eigenvalue weighted by atomic mass is 9.88. The van der Waals surface area contributed by atoms with E-state index in [-0.39, 0.29) is 23.9 Å². The summed E-state index contributed by atoms with van der Waals surface area (Å²) < 4.78 is 44.9. The summed E-state index contributed by atoms with van der Waals surface area (Å²) in [6.07, 6.45) is 9.20. The van der Waals surface area contributed by atoms with E-state index in [1.807, 2.05) is 20.8 Å². The van der Waals surface area contributed by atoms with Crippen LogP contribution in [0.4, 0.5) is 8.78 Å². The Labute approximate surface area is 162 Å². The predicted molar refractivity (Wildman–Crippen MR) is 104 cm³/mol. The first-order valence-electron chi connectivity index (χ1n) is 10.1. The smallest absolute Gasteiger partial charge is 0.196 e. The molecule has 27 heavy (non-hydrogen) atoms. The Morgan fingerprint density at radius 2 is 1.93 bits per heavy atom. The van der Waals surface area contributed by atoms with E-state index in [0.29, 0.717) is 30.9 Å². The summed E-state index contributed by atoms with van der Waals surface area (Å²) in [5.74, 6) is -0.931. The fourth-order valence-electron chi connectivity index (χ4n) is 3.78. The third kappa shape index (κ3) is 6.42. The highest BCUT2D eigenvalue weighted by Crippen LogP contribution is 2.37. The number of allylic oxidation sites excluding steroid dienone is 5. The van der Waals surface area contributed by atoms with Crippen molar-refractivity contribution in [2.45, 2.75) is 71.5 Å². The van der Waals surface area contributed by atoms with Gasteiger partial charge in [-0.3, -0.25) is 0 Å². The van der Waals surface area contributed by atoms with Crippen molar-refractivity contribution in [3.05, 3.63) is 35.1 Å². The fraction of sp³-hybridized carbons (Fsp3) is 0.727. The van der Waals surface area contributed by atoms with Gasteiger partial charge in [0.2, 0.25) is 0 Å². The maximum Gasteiger partial charge on any atom is 0.196 e. The molecule has 0 spiro atoms. The molecule has 1 aliphatic carbocycles. The minimum atomic E-state index is -0.833. The first-order valence-corrected chi connectivity index (χ1v) is 10.1. The maximum absolute atomic E-state index is 14.2. The Kier molecular flexibility index (Phi) is 8.97. The molecule has 0 N–H and O–H groups in total. The Hall–Kier alpha value is -1.20. The average molecular weight is 385 g/mol. The molecular weight excluding hydrogens is 350 g/mol. The molecule has 4 atom stereocenters. The van der Waals surface area contributed by atoms with Crippen LogP contribution < -0.4 is 0 Å². The van der Waals surface area contributed by atoms with Crippen molar-refractivity contribution in [1.29, 1.82) is 0 Å². The number of methoxy groups -OCH3 is 1. The van der Waals surface area contributed by atoms with Crippen LogP contribution in [0, 0.1) is 11.8 Å². The van der Waals surface area contributed by atoms with Crippen LogP contribution >= 0.6 is 0 Å². The van der Waals surface area contributed by atoms with Gasteiger partial charge in [-0.1, -0.05) is 19.1 Å². The Morgan fingerprint density at radius 3 is 2.56 bits per heavy atom. The van der Waals surface area contributed by atoms with E-state index in [1.165, 1.54) is 7.11 Å². The molecule has 0 radical (unpaired) electrons. The van der Waals surface area contributed by atoms with Gasteiger partial charge in [0, 0.05) is 12.3 Å². The van der Waals surface area contributed by atoms with E-state index in [0.717, 1.165) is 32.3 Å². The quantitative estimate of drug-likeness (QED) is 0.455. The minimum absolute atomic E-state index is 0.00674. The first kappa shape index (κ1) is 22.1. The van der Waals surface area contributed by atoms with Gasteiger partial charge < -0.3 is 14.2 Å². The van der Waals surface area contributed by atoms with Crippen LogP contribution in [0.1, 0.15) is 59.3 Å². The fourth-order valence-corrected chi connectivity index (χ4v) is 3.78. The van der Waals surface area contributed by atoms with Gasteiger partial charge in [0.05, 0.1) is 32.5 Å². The van der Waals surface area contributed by atoms with Crippen LogP contribution in [0.2, 0.25) is 0 Å². The zero-order chi connectivity index (χ0) is 19.8. The van der Waals surface area contributed by atoms with Gasteiger partial charge in [0.25, 0.3) is 0 Å². The second kappa shape index (κ2) is 11.0. The molecule has 154 valence electrons. The lowest BCUT2D eigenvalue weighted by molar-refractivity contribution is -0.0709. The number of halogens is 2. The van der Waals surface area contributed by atoms with Crippen molar-refractivity contribution in [3.63, 3.8) is 0 Å². The molecule has 0 amide bonds. The van der Waals surface area contributed by atoms with E-state index in [4.69, 9.17) is 14.2 Å². The summed E-state index contributed by atoms with van der Waals surface area (Å²) in [4.78, 5) is 0. The zero-order valence-corrected chi connectivity index (χ0v) is 17.1. The van der Waals surface area contributed by atoms with E-state index >= 15 is 0 Å². The molecule has 1 fully saturated rings. The second-order valence-corrected chi connectivity index (χ2v) is 7.72. The van der Waals surface area contributed by atoms with Crippen LogP contribution in [-0.4, -0.2) is 32.5 Å². The van der Waals surface area contributed by atoms with Crippen molar-refractivity contribution < 1.29 is 23.0 Å². The second-order valence-electron chi connectivity index (χ2n) is 7.72. The molecule has 2 aliphatic rings. The monoisotopic (exact) mass is 384 g/mol. The molecule has 0 aromatic rings. The SMILES string of the molecule is C/C=C/C1CCC(COC(C)CCC(C)C2=C(F)C(F)=C(OC)CC2)OC1. The highest BCUT2D eigenvalue weighted by atomic mass is 19.2. The molecule has 3 nitrogen and oxygen atoms in total. The number of hydrogen-bond acceptors (Lipinski definition) is 3. The lowest BCUT2D eigenvalue weighted by Crippen LogP contribution is -2.30. The number of hydrogen-bond donors (Lipinski definition) is 0. The normalized spacial score (nSPS) is 26.6. The van der Waals surface area contributed by atoms with Gasteiger partial charge in [0.1, 0.15) is 5.76 Å². The van der Waals surface area contributed by atoms with Crippen molar-refractivity contribution in [2.75, 3.05) is 20.3 Å². The third-order valence-electron chi connectivity index (χ3n) is 5.62. The van der Waals surface area contributed by atoms with Crippen LogP contribution in [0.3, 0.4) is 0 Å². The molecule has 2 rings (SSSR count). The summed E-state index contributed by atoms with van der Waals surface area (Å²) in [6, 6.07) is 0. The minimum Gasteiger partial charge on any atom is -0.498 e. The van der Waals surface area contributed by atoms with E-state index in [2.05, 4.69) is 12.2 Å². The number of rotatable bonds is 9. The van der Waals surface area contributed by atoms with Crippen LogP contribution in [0.25, 0.3) is 0 Å². The molecule has 0 bridgehead atoms. The maximum atomic E-state index is 14.2. The summed E-state index contributed by atoms with van der Waals surface area (Å²) in [5.41, 5.74) is 0.561. The Morgan fingerprint density at radius 1 is 1.15 bits per heavy atom. The number of ether oxygens (including phenoxy) is 3. The molecule has 5 heteroatoms. The van der Waals surface area contributed by atoms with E-state index in [9.17, 15) is 8.78 Å². The predicted octanol–water partition coefficient (Wildman–Crippen LogP) is 6.02. The third-order valence-corrected chi connectivity index (χ3v) is 5.62. The molecule has 0 saturated carbocycles. The van der Waals surface area contributed by atoms with Gasteiger partial charge in [-0.05, 0) is 57.4 Å². The van der Waals surface area contributed by atoms with Crippen LogP contribution in [0.15, 0.2) is 35.1 Å². The molecule has 4 unspecified atom stereocenters. The van der Waals surface area contributed by atoms with Crippen molar-refractivity contribution in [3.8, 4) is 0 Å². The largest absolute Gasteiger partial charge is 0.498 e. The highest BCUT2D eigenvalue weighted by molar-refractivity contribution is 5.33.